The van der Waals surface area contributed by atoms with Gasteiger partial charge in [-0.05, 0) is 18.1 Å². The quantitative estimate of drug-likeness (QED) is 0.830. The standard InChI is InChI=1S/C12H15ClF2N2O/c1-6(2)11(16)5-17-12(18)7-3-10(15)8(13)4-9(7)14/h3-4,6,11H,5,16H2,1-2H3,(H,17,18). The van der Waals surface area contributed by atoms with E-state index in [4.69, 9.17) is 17.3 Å². The predicted molar refractivity (Wildman–Crippen MR) is 66.5 cm³/mol. The Morgan fingerprint density at radius 3 is 2.56 bits per heavy atom. The van der Waals surface area contributed by atoms with E-state index in [-0.39, 0.29) is 29.1 Å². The Hall–Kier alpha value is -1.20. The predicted octanol–water partition coefficient (Wildman–Crippen LogP) is 2.33. The van der Waals surface area contributed by atoms with Crippen LogP contribution in [0.1, 0.15) is 24.2 Å². The van der Waals surface area contributed by atoms with Gasteiger partial charge in [0.2, 0.25) is 0 Å². The van der Waals surface area contributed by atoms with E-state index in [0.717, 1.165) is 12.1 Å². The maximum absolute atomic E-state index is 13.4. The van der Waals surface area contributed by atoms with Crippen LogP contribution >= 0.6 is 11.6 Å². The molecule has 0 saturated heterocycles. The van der Waals surface area contributed by atoms with Gasteiger partial charge in [0.1, 0.15) is 11.6 Å². The largest absolute Gasteiger partial charge is 0.350 e. The van der Waals surface area contributed by atoms with Crippen molar-refractivity contribution in [2.45, 2.75) is 19.9 Å². The SMILES string of the molecule is CC(C)C(N)CNC(=O)c1cc(F)c(Cl)cc1F. The second kappa shape index (κ2) is 6.11. The molecule has 1 unspecified atom stereocenters. The van der Waals surface area contributed by atoms with E-state index in [9.17, 15) is 13.6 Å². The van der Waals surface area contributed by atoms with Gasteiger partial charge in [0.25, 0.3) is 5.91 Å². The van der Waals surface area contributed by atoms with Crippen molar-refractivity contribution in [2.75, 3.05) is 6.54 Å². The maximum Gasteiger partial charge on any atom is 0.254 e. The summed E-state index contributed by atoms with van der Waals surface area (Å²) in [5.41, 5.74) is 5.35. The Morgan fingerprint density at radius 2 is 2.00 bits per heavy atom. The van der Waals surface area contributed by atoms with E-state index in [1.54, 1.807) is 0 Å². The minimum absolute atomic E-state index is 0.178. The van der Waals surface area contributed by atoms with E-state index in [2.05, 4.69) is 5.32 Å². The van der Waals surface area contributed by atoms with Crippen LogP contribution in [0.3, 0.4) is 0 Å². The second-order valence-electron chi connectivity index (χ2n) is 4.36. The van der Waals surface area contributed by atoms with Crippen molar-refractivity contribution < 1.29 is 13.6 Å². The third kappa shape index (κ3) is 3.65. The molecule has 0 bridgehead atoms. The van der Waals surface area contributed by atoms with Gasteiger partial charge in [-0.25, -0.2) is 8.78 Å². The molecule has 1 aromatic carbocycles. The first kappa shape index (κ1) is 14.9. The molecule has 100 valence electrons. The number of hydrogen-bond acceptors (Lipinski definition) is 2. The fourth-order valence-corrected chi connectivity index (χ4v) is 1.39. The lowest BCUT2D eigenvalue weighted by atomic mass is 10.1. The zero-order valence-corrected chi connectivity index (χ0v) is 10.9. The summed E-state index contributed by atoms with van der Waals surface area (Å²) < 4.78 is 26.6. The molecule has 0 radical (unpaired) electrons. The lowest BCUT2D eigenvalue weighted by Crippen LogP contribution is -2.40. The van der Waals surface area contributed by atoms with Crippen LogP contribution < -0.4 is 11.1 Å². The number of carbonyl (C=O) groups is 1. The van der Waals surface area contributed by atoms with Crippen LogP contribution in [-0.4, -0.2) is 18.5 Å². The van der Waals surface area contributed by atoms with Crippen molar-refractivity contribution in [2.24, 2.45) is 11.7 Å². The Bertz CT molecular complexity index is 452. The molecule has 0 saturated carbocycles. The molecule has 1 aromatic rings. The number of rotatable bonds is 4. The van der Waals surface area contributed by atoms with Gasteiger partial charge < -0.3 is 11.1 Å². The Kier molecular flexibility index (Phi) is 5.04. The highest BCUT2D eigenvalue weighted by atomic mass is 35.5. The third-order valence-electron chi connectivity index (χ3n) is 2.61. The van der Waals surface area contributed by atoms with Crippen molar-refractivity contribution in [3.63, 3.8) is 0 Å². The molecule has 18 heavy (non-hydrogen) atoms. The maximum atomic E-state index is 13.4. The van der Waals surface area contributed by atoms with Gasteiger partial charge in [-0.1, -0.05) is 25.4 Å². The van der Waals surface area contributed by atoms with Crippen molar-refractivity contribution in [3.05, 3.63) is 34.4 Å². The number of nitrogens with one attached hydrogen (secondary N) is 1. The minimum Gasteiger partial charge on any atom is -0.350 e. The van der Waals surface area contributed by atoms with E-state index in [1.165, 1.54) is 0 Å². The van der Waals surface area contributed by atoms with E-state index in [1.807, 2.05) is 13.8 Å². The highest BCUT2D eigenvalue weighted by molar-refractivity contribution is 6.30. The molecule has 1 rings (SSSR count). The van der Waals surface area contributed by atoms with Gasteiger partial charge in [-0.3, -0.25) is 4.79 Å². The highest BCUT2D eigenvalue weighted by Crippen LogP contribution is 2.19. The lowest BCUT2D eigenvalue weighted by molar-refractivity contribution is 0.0944. The zero-order chi connectivity index (χ0) is 13.9. The van der Waals surface area contributed by atoms with E-state index in [0.29, 0.717) is 0 Å². The Balaban J connectivity index is 2.76. The van der Waals surface area contributed by atoms with Crippen LogP contribution in [0.15, 0.2) is 12.1 Å². The summed E-state index contributed by atoms with van der Waals surface area (Å²) in [7, 11) is 0. The van der Waals surface area contributed by atoms with E-state index >= 15 is 0 Å². The van der Waals surface area contributed by atoms with E-state index < -0.39 is 17.5 Å². The molecule has 0 aliphatic carbocycles. The summed E-state index contributed by atoms with van der Waals surface area (Å²) in [5.74, 6) is -2.23. The van der Waals surface area contributed by atoms with Crippen LogP contribution in [0.2, 0.25) is 5.02 Å². The molecule has 0 heterocycles. The molecule has 0 fully saturated rings. The summed E-state index contributed by atoms with van der Waals surface area (Å²) >= 11 is 5.39. The van der Waals surface area contributed by atoms with Gasteiger partial charge in [0.15, 0.2) is 0 Å². The van der Waals surface area contributed by atoms with Crippen LogP contribution in [0.5, 0.6) is 0 Å². The van der Waals surface area contributed by atoms with Crippen molar-refractivity contribution in [1.29, 1.82) is 0 Å². The summed E-state index contributed by atoms with van der Waals surface area (Å²) in [6.45, 7) is 4.00. The molecule has 6 heteroatoms. The van der Waals surface area contributed by atoms with Crippen LogP contribution in [-0.2, 0) is 0 Å². The number of nitrogens with two attached hydrogens (primary N) is 1. The number of carbonyl (C=O) groups excluding carboxylic acids is 1. The summed E-state index contributed by atoms with van der Waals surface area (Å²) in [6.07, 6.45) is 0. The van der Waals surface area contributed by atoms with Gasteiger partial charge in [0.05, 0.1) is 10.6 Å². The average Bonchev–Trinajstić information content (AvgIpc) is 2.30. The number of amides is 1. The summed E-state index contributed by atoms with van der Waals surface area (Å²) in [6, 6.07) is 1.30. The van der Waals surface area contributed by atoms with Crippen LogP contribution in [0.25, 0.3) is 0 Å². The number of hydrogen-bond donors (Lipinski definition) is 2. The van der Waals surface area contributed by atoms with Crippen molar-refractivity contribution >= 4 is 17.5 Å². The average molecular weight is 277 g/mol. The molecule has 1 atom stereocenters. The van der Waals surface area contributed by atoms with Crippen molar-refractivity contribution in [3.8, 4) is 0 Å². The fraction of sp³-hybridized carbons (Fsp3) is 0.417. The lowest BCUT2D eigenvalue weighted by Gasteiger charge is -2.16. The Labute approximate surface area is 109 Å². The molecule has 0 aliphatic rings. The van der Waals surface area contributed by atoms with Crippen molar-refractivity contribution in [1.82, 2.24) is 5.32 Å². The van der Waals surface area contributed by atoms with Gasteiger partial charge >= 0.3 is 0 Å². The normalized spacial score (nSPS) is 12.6. The molecule has 0 spiro atoms. The molecule has 3 nitrogen and oxygen atoms in total. The fourth-order valence-electron chi connectivity index (χ4n) is 1.24. The first-order chi connectivity index (χ1) is 8.32. The monoisotopic (exact) mass is 276 g/mol. The number of benzene rings is 1. The molecule has 1 amide bonds. The molecular weight excluding hydrogens is 262 g/mol. The molecular formula is C12H15ClF2N2O. The highest BCUT2D eigenvalue weighted by Gasteiger charge is 2.16. The zero-order valence-electron chi connectivity index (χ0n) is 10.1. The van der Waals surface area contributed by atoms with Gasteiger partial charge in [0, 0.05) is 12.6 Å². The minimum atomic E-state index is -0.864. The third-order valence-corrected chi connectivity index (χ3v) is 2.90. The topological polar surface area (TPSA) is 55.1 Å². The first-order valence-electron chi connectivity index (χ1n) is 5.51. The number of halogens is 3. The van der Waals surface area contributed by atoms with Crippen LogP contribution in [0.4, 0.5) is 8.78 Å². The summed E-state index contributed by atoms with van der Waals surface area (Å²) in [5, 5.41) is 2.10. The Morgan fingerprint density at radius 1 is 1.39 bits per heavy atom. The summed E-state index contributed by atoms with van der Waals surface area (Å²) in [4.78, 5) is 11.6. The molecule has 0 aliphatic heterocycles. The van der Waals surface area contributed by atoms with Gasteiger partial charge in [-0.2, -0.15) is 0 Å². The first-order valence-corrected chi connectivity index (χ1v) is 5.89. The van der Waals surface area contributed by atoms with Gasteiger partial charge in [-0.15, -0.1) is 0 Å². The molecule has 3 N–H and O–H groups in total. The van der Waals surface area contributed by atoms with Crippen LogP contribution in [0, 0.1) is 17.6 Å². The second-order valence-corrected chi connectivity index (χ2v) is 4.77. The smallest absolute Gasteiger partial charge is 0.254 e. The molecule has 0 aromatic heterocycles.